The maximum Gasteiger partial charge on any atom is 0.208 e. The summed E-state index contributed by atoms with van der Waals surface area (Å²) in [6, 6.07) is 14.8. The molecule has 2 aromatic heterocycles. The summed E-state index contributed by atoms with van der Waals surface area (Å²) in [4.78, 5) is 6.79. The molecule has 102 valence electrons. The van der Waals surface area contributed by atoms with Crippen LogP contribution in [0.15, 0.2) is 53.1 Å². The Hall–Kier alpha value is -1.91. The smallest absolute Gasteiger partial charge is 0.208 e. The average Bonchev–Trinajstić information content (AvgIpc) is 3.09. The summed E-state index contributed by atoms with van der Waals surface area (Å²) in [6.45, 7) is 3.40. The predicted octanol–water partition coefficient (Wildman–Crippen LogP) is 4.00. The number of rotatable bonds is 5. The molecule has 0 aliphatic heterocycles. The van der Waals surface area contributed by atoms with Crippen LogP contribution in [0.4, 0.5) is 0 Å². The Labute approximate surface area is 122 Å². The first-order valence-electron chi connectivity index (χ1n) is 6.57. The average molecular weight is 284 g/mol. The lowest BCUT2D eigenvalue weighted by atomic mass is 10.2. The molecule has 0 spiro atoms. The van der Waals surface area contributed by atoms with E-state index in [4.69, 9.17) is 4.42 Å². The van der Waals surface area contributed by atoms with Crippen molar-refractivity contribution in [3.63, 3.8) is 0 Å². The summed E-state index contributed by atoms with van der Waals surface area (Å²) in [6.07, 6.45) is 1.75. The van der Waals surface area contributed by atoms with Crippen molar-refractivity contribution in [2.24, 2.45) is 0 Å². The second kappa shape index (κ2) is 6.03. The molecule has 0 bridgehead atoms. The van der Waals surface area contributed by atoms with Gasteiger partial charge in [0.2, 0.25) is 5.89 Å². The van der Waals surface area contributed by atoms with E-state index in [9.17, 15) is 0 Å². The summed E-state index contributed by atoms with van der Waals surface area (Å²) in [7, 11) is 0. The highest BCUT2D eigenvalue weighted by Crippen LogP contribution is 2.27. The quantitative estimate of drug-likeness (QED) is 0.769. The lowest BCUT2D eigenvalue weighted by Gasteiger charge is -1.99. The Kier molecular flexibility index (Phi) is 3.95. The molecule has 3 nitrogen and oxygen atoms in total. The normalized spacial score (nSPS) is 10.8. The van der Waals surface area contributed by atoms with Gasteiger partial charge in [0.25, 0.3) is 0 Å². The Morgan fingerprint density at radius 2 is 1.95 bits per heavy atom. The maximum absolute atomic E-state index is 5.43. The minimum atomic E-state index is 0.659. The highest BCUT2D eigenvalue weighted by atomic mass is 32.1. The van der Waals surface area contributed by atoms with Gasteiger partial charge in [-0.1, -0.05) is 30.3 Å². The summed E-state index contributed by atoms with van der Waals surface area (Å²) in [5.74, 6) is 1.59. The minimum Gasteiger partial charge on any atom is -0.445 e. The van der Waals surface area contributed by atoms with Crippen LogP contribution in [0.1, 0.15) is 16.5 Å². The molecule has 4 heteroatoms. The van der Waals surface area contributed by atoms with Crippen molar-refractivity contribution in [2.45, 2.75) is 20.0 Å². The molecule has 1 N–H and O–H groups in total. The van der Waals surface area contributed by atoms with E-state index in [0.29, 0.717) is 6.54 Å². The van der Waals surface area contributed by atoms with Crippen molar-refractivity contribution >= 4 is 11.3 Å². The van der Waals surface area contributed by atoms with E-state index in [1.54, 1.807) is 6.20 Å². The van der Waals surface area contributed by atoms with Gasteiger partial charge >= 0.3 is 0 Å². The zero-order valence-electron chi connectivity index (χ0n) is 11.3. The molecule has 0 atom stereocenters. The third kappa shape index (κ3) is 3.15. The van der Waals surface area contributed by atoms with E-state index in [1.165, 1.54) is 15.3 Å². The molecule has 20 heavy (non-hydrogen) atoms. The Balaban J connectivity index is 1.58. The fourth-order valence-electron chi connectivity index (χ4n) is 2.01. The first kappa shape index (κ1) is 13.1. The molecule has 0 aliphatic rings. The van der Waals surface area contributed by atoms with Crippen LogP contribution >= 0.6 is 11.3 Å². The van der Waals surface area contributed by atoms with E-state index in [1.807, 2.05) is 24.3 Å². The van der Waals surface area contributed by atoms with Gasteiger partial charge in [-0.25, -0.2) is 4.98 Å². The van der Waals surface area contributed by atoms with Gasteiger partial charge in [0.1, 0.15) is 5.76 Å². The summed E-state index contributed by atoms with van der Waals surface area (Å²) in [5.41, 5.74) is 1.27. The minimum absolute atomic E-state index is 0.659. The van der Waals surface area contributed by atoms with Crippen LogP contribution in [-0.4, -0.2) is 4.98 Å². The number of aryl methyl sites for hydroxylation is 1. The molecule has 2 heterocycles. The predicted molar refractivity (Wildman–Crippen MR) is 81.5 cm³/mol. The molecule has 0 aliphatic carbocycles. The molecule has 0 radical (unpaired) electrons. The van der Waals surface area contributed by atoms with Crippen molar-refractivity contribution in [3.8, 4) is 10.4 Å². The lowest BCUT2D eigenvalue weighted by molar-refractivity contribution is 0.449. The van der Waals surface area contributed by atoms with Crippen LogP contribution in [0.5, 0.6) is 0 Å². The zero-order valence-corrected chi connectivity index (χ0v) is 12.1. The highest BCUT2D eigenvalue weighted by Gasteiger charge is 2.03. The molecule has 0 unspecified atom stereocenters. The standard InChI is InChI=1S/C16H16N2OS/c1-12-9-18-16(19-12)11-17-10-14-7-8-15(20-14)13-5-3-2-4-6-13/h2-9,17H,10-11H2,1H3. The molecule has 0 saturated carbocycles. The van der Waals surface area contributed by atoms with Crippen LogP contribution in [0, 0.1) is 6.92 Å². The van der Waals surface area contributed by atoms with Crippen molar-refractivity contribution < 1.29 is 4.42 Å². The first-order chi connectivity index (χ1) is 9.81. The number of benzene rings is 1. The molecular formula is C16H16N2OS. The van der Waals surface area contributed by atoms with Crippen LogP contribution < -0.4 is 5.32 Å². The van der Waals surface area contributed by atoms with Gasteiger partial charge in [-0.05, 0) is 24.6 Å². The number of nitrogens with one attached hydrogen (secondary N) is 1. The number of oxazole rings is 1. The van der Waals surface area contributed by atoms with Crippen LogP contribution in [0.25, 0.3) is 10.4 Å². The summed E-state index contributed by atoms with van der Waals surface area (Å²) < 4.78 is 5.43. The molecular weight excluding hydrogens is 268 g/mol. The fraction of sp³-hybridized carbons (Fsp3) is 0.188. The van der Waals surface area contributed by atoms with E-state index >= 15 is 0 Å². The topological polar surface area (TPSA) is 38.1 Å². The Bertz CT molecular complexity index is 673. The Morgan fingerprint density at radius 1 is 1.10 bits per heavy atom. The summed E-state index contributed by atoms with van der Waals surface area (Å²) >= 11 is 1.81. The third-order valence-electron chi connectivity index (χ3n) is 2.96. The number of nitrogens with zero attached hydrogens (tertiary/aromatic N) is 1. The largest absolute Gasteiger partial charge is 0.445 e. The van der Waals surface area contributed by atoms with Crippen LogP contribution in [0.3, 0.4) is 0 Å². The van der Waals surface area contributed by atoms with Gasteiger partial charge in [0.05, 0.1) is 12.7 Å². The van der Waals surface area contributed by atoms with E-state index < -0.39 is 0 Å². The van der Waals surface area contributed by atoms with Crippen molar-refractivity contribution in [1.29, 1.82) is 0 Å². The lowest BCUT2D eigenvalue weighted by Crippen LogP contribution is -2.11. The monoisotopic (exact) mass is 284 g/mol. The SMILES string of the molecule is Cc1cnc(CNCc2ccc(-c3ccccc3)s2)o1. The van der Waals surface area contributed by atoms with Crippen molar-refractivity contribution in [2.75, 3.05) is 0 Å². The first-order valence-corrected chi connectivity index (χ1v) is 7.39. The number of aromatic nitrogens is 1. The van der Waals surface area contributed by atoms with Gasteiger partial charge in [-0.15, -0.1) is 11.3 Å². The Morgan fingerprint density at radius 3 is 2.70 bits per heavy atom. The van der Waals surface area contributed by atoms with Gasteiger partial charge < -0.3 is 9.73 Å². The van der Waals surface area contributed by atoms with E-state index in [-0.39, 0.29) is 0 Å². The molecule has 3 rings (SSSR count). The van der Waals surface area contributed by atoms with Crippen LogP contribution in [0.2, 0.25) is 0 Å². The molecule has 0 amide bonds. The van der Waals surface area contributed by atoms with Crippen molar-refractivity contribution in [3.05, 3.63) is 65.2 Å². The van der Waals surface area contributed by atoms with Gasteiger partial charge in [-0.2, -0.15) is 0 Å². The number of thiophene rings is 1. The third-order valence-corrected chi connectivity index (χ3v) is 4.10. The van der Waals surface area contributed by atoms with E-state index in [0.717, 1.165) is 18.2 Å². The summed E-state index contributed by atoms with van der Waals surface area (Å²) in [5, 5.41) is 3.35. The second-order valence-electron chi connectivity index (χ2n) is 4.60. The number of hydrogen-bond acceptors (Lipinski definition) is 4. The molecule has 0 saturated heterocycles. The molecule has 3 aromatic rings. The highest BCUT2D eigenvalue weighted by molar-refractivity contribution is 7.15. The molecule has 0 fully saturated rings. The zero-order chi connectivity index (χ0) is 13.8. The van der Waals surface area contributed by atoms with Gasteiger partial charge in [0, 0.05) is 16.3 Å². The van der Waals surface area contributed by atoms with E-state index in [2.05, 4.69) is 46.7 Å². The second-order valence-corrected chi connectivity index (χ2v) is 5.77. The fourth-order valence-corrected chi connectivity index (χ4v) is 2.99. The number of hydrogen-bond donors (Lipinski definition) is 1. The van der Waals surface area contributed by atoms with Crippen LogP contribution in [-0.2, 0) is 13.1 Å². The molecule has 1 aromatic carbocycles. The van der Waals surface area contributed by atoms with Gasteiger partial charge in [0.15, 0.2) is 0 Å². The van der Waals surface area contributed by atoms with Crippen molar-refractivity contribution in [1.82, 2.24) is 10.3 Å². The van der Waals surface area contributed by atoms with Gasteiger partial charge in [-0.3, -0.25) is 0 Å². The maximum atomic E-state index is 5.43.